The van der Waals surface area contributed by atoms with Gasteiger partial charge in [-0.05, 0) is 71.1 Å². The molecule has 0 aromatic heterocycles. The molecule has 0 heterocycles. The highest BCUT2D eigenvalue weighted by atomic mass is 16.6. The lowest BCUT2D eigenvalue weighted by Gasteiger charge is -2.31. The first kappa shape index (κ1) is 16.6. The molecular weight excluding hydrogens is 264 g/mol. The van der Waals surface area contributed by atoms with Gasteiger partial charge in [-0.1, -0.05) is 6.92 Å². The first-order valence-corrected chi connectivity index (χ1v) is 8.56. The molecule has 2 rings (SSSR count). The molecule has 1 unspecified atom stereocenters. The molecule has 0 saturated heterocycles. The Hall–Kier alpha value is -0.770. The lowest BCUT2D eigenvalue weighted by Crippen LogP contribution is -2.48. The van der Waals surface area contributed by atoms with Crippen molar-refractivity contribution in [2.24, 2.45) is 11.8 Å². The number of alkyl carbamates (subject to hydrolysis) is 1. The van der Waals surface area contributed by atoms with E-state index >= 15 is 0 Å². The molecule has 0 aromatic carbocycles. The summed E-state index contributed by atoms with van der Waals surface area (Å²) in [5, 5.41) is 6.72. The summed E-state index contributed by atoms with van der Waals surface area (Å²) in [6, 6.07) is 1.04. The Bertz CT molecular complexity index is 339. The minimum absolute atomic E-state index is 0.299. The summed E-state index contributed by atoms with van der Waals surface area (Å²) in [6.07, 6.45) is 7.48. The van der Waals surface area contributed by atoms with E-state index in [2.05, 4.69) is 17.6 Å². The third-order valence-electron chi connectivity index (χ3n) is 4.52. The maximum atomic E-state index is 11.8. The van der Waals surface area contributed by atoms with Crippen LogP contribution in [-0.2, 0) is 4.74 Å². The quantitative estimate of drug-likeness (QED) is 0.817. The monoisotopic (exact) mass is 296 g/mol. The largest absolute Gasteiger partial charge is 0.444 e. The molecule has 2 aliphatic carbocycles. The van der Waals surface area contributed by atoms with E-state index in [0.717, 1.165) is 11.8 Å². The lowest BCUT2D eigenvalue weighted by atomic mass is 9.87. The molecule has 1 amide bonds. The van der Waals surface area contributed by atoms with Gasteiger partial charge in [0, 0.05) is 18.6 Å². The highest BCUT2D eigenvalue weighted by molar-refractivity contribution is 5.67. The van der Waals surface area contributed by atoms with Crippen LogP contribution in [0.5, 0.6) is 0 Å². The van der Waals surface area contributed by atoms with Crippen LogP contribution in [0.25, 0.3) is 0 Å². The SMILES string of the molecule is CC1CCC(NC(CNC(=O)OC(C)(C)C)C2CC2)CC1. The van der Waals surface area contributed by atoms with Gasteiger partial charge in [0.1, 0.15) is 5.60 Å². The third-order valence-corrected chi connectivity index (χ3v) is 4.52. The van der Waals surface area contributed by atoms with Crippen molar-refractivity contribution in [1.82, 2.24) is 10.6 Å². The molecule has 1 atom stereocenters. The van der Waals surface area contributed by atoms with Crippen LogP contribution in [0.2, 0.25) is 0 Å². The minimum Gasteiger partial charge on any atom is -0.444 e. The summed E-state index contributed by atoms with van der Waals surface area (Å²) < 4.78 is 5.31. The lowest BCUT2D eigenvalue weighted by molar-refractivity contribution is 0.0519. The second kappa shape index (κ2) is 6.99. The molecule has 4 heteroatoms. The highest BCUT2D eigenvalue weighted by Gasteiger charge is 2.33. The Balaban J connectivity index is 1.73. The van der Waals surface area contributed by atoms with Gasteiger partial charge in [-0.15, -0.1) is 0 Å². The molecule has 2 N–H and O–H groups in total. The maximum absolute atomic E-state index is 11.8. The summed E-state index contributed by atoms with van der Waals surface area (Å²) in [5.41, 5.74) is -0.425. The van der Waals surface area contributed by atoms with Crippen molar-refractivity contribution in [3.05, 3.63) is 0 Å². The molecule has 0 spiro atoms. The molecule has 2 saturated carbocycles. The number of carbonyl (C=O) groups is 1. The fourth-order valence-corrected chi connectivity index (χ4v) is 3.10. The van der Waals surface area contributed by atoms with Gasteiger partial charge in [-0.25, -0.2) is 4.79 Å². The number of carbonyl (C=O) groups excluding carboxylic acids is 1. The average Bonchev–Trinajstić information content (AvgIpc) is 3.19. The van der Waals surface area contributed by atoms with Crippen LogP contribution < -0.4 is 10.6 Å². The van der Waals surface area contributed by atoms with Gasteiger partial charge in [-0.3, -0.25) is 0 Å². The molecular formula is C17H32N2O2. The van der Waals surface area contributed by atoms with E-state index in [1.54, 1.807) is 0 Å². The summed E-state index contributed by atoms with van der Waals surface area (Å²) in [6.45, 7) is 8.72. The van der Waals surface area contributed by atoms with Crippen molar-refractivity contribution in [2.45, 2.75) is 83.9 Å². The molecule has 0 aromatic rings. The summed E-state index contributed by atoms with van der Waals surface area (Å²) in [5.74, 6) is 1.61. The second-order valence-electron chi connectivity index (χ2n) is 7.95. The molecule has 4 nitrogen and oxygen atoms in total. The molecule has 0 radical (unpaired) electrons. The predicted octanol–water partition coefficient (Wildman–Crippen LogP) is 3.46. The van der Waals surface area contributed by atoms with Crippen LogP contribution in [0, 0.1) is 11.8 Å². The van der Waals surface area contributed by atoms with Crippen LogP contribution in [0.1, 0.15) is 66.2 Å². The van der Waals surface area contributed by atoms with E-state index in [0.29, 0.717) is 18.6 Å². The van der Waals surface area contributed by atoms with Crippen molar-refractivity contribution in [3.63, 3.8) is 0 Å². The zero-order valence-electron chi connectivity index (χ0n) is 14.1. The van der Waals surface area contributed by atoms with Crippen LogP contribution in [0.15, 0.2) is 0 Å². The fourth-order valence-electron chi connectivity index (χ4n) is 3.10. The van der Waals surface area contributed by atoms with Gasteiger partial charge in [0.15, 0.2) is 0 Å². The number of hydrogen-bond donors (Lipinski definition) is 2. The molecule has 0 bridgehead atoms. The number of amides is 1. The van der Waals surface area contributed by atoms with Gasteiger partial charge < -0.3 is 15.4 Å². The van der Waals surface area contributed by atoms with E-state index in [1.807, 2.05) is 20.8 Å². The van der Waals surface area contributed by atoms with Gasteiger partial charge in [0.25, 0.3) is 0 Å². The Kier molecular flexibility index (Phi) is 5.53. The van der Waals surface area contributed by atoms with Crippen molar-refractivity contribution in [2.75, 3.05) is 6.54 Å². The predicted molar refractivity (Wildman–Crippen MR) is 85.3 cm³/mol. The number of ether oxygens (including phenoxy) is 1. The van der Waals surface area contributed by atoms with E-state index in [-0.39, 0.29) is 6.09 Å². The Morgan fingerprint density at radius 1 is 1.14 bits per heavy atom. The smallest absolute Gasteiger partial charge is 0.407 e. The van der Waals surface area contributed by atoms with Gasteiger partial charge in [-0.2, -0.15) is 0 Å². The average molecular weight is 296 g/mol. The minimum atomic E-state index is -0.425. The topological polar surface area (TPSA) is 50.4 Å². The molecule has 21 heavy (non-hydrogen) atoms. The first-order chi connectivity index (χ1) is 9.83. The van der Waals surface area contributed by atoms with Gasteiger partial charge in [0.2, 0.25) is 0 Å². The number of nitrogens with one attached hydrogen (secondary N) is 2. The van der Waals surface area contributed by atoms with Crippen LogP contribution in [0.4, 0.5) is 4.79 Å². The fraction of sp³-hybridized carbons (Fsp3) is 0.941. The van der Waals surface area contributed by atoms with E-state index in [4.69, 9.17) is 4.74 Å². The number of hydrogen-bond acceptors (Lipinski definition) is 3. The standard InChI is InChI=1S/C17H32N2O2/c1-12-5-9-14(10-6-12)19-15(13-7-8-13)11-18-16(20)21-17(2,3)4/h12-15,19H,5-11H2,1-4H3,(H,18,20). The maximum Gasteiger partial charge on any atom is 0.407 e. The van der Waals surface area contributed by atoms with E-state index in [1.165, 1.54) is 38.5 Å². The van der Waals surface area contributed by atoms with Crippen LogP contribution in [0.3, 0.4) is 0 Å². The van der Waals surface area contributed by atoms with Crippen molar-refractivity contribution < 1.29 is 9.53 Å². The highest BCUT2D eigenvalue weighted by Crippen LogP contribution is 2.34. The van der Waals surface area contributed by atoms with Crippen molar-refractivity contribution >= 4 is 6.09 Å². The zero-order chi connectivity index (χ0) is 15.5. The Labute approximate surface area is 129 Å². The molecule has 2 aliphatic rings. The Morgan fingerprint density at radius 3 is 2.29 bits per heavy atom. The van der Waals surface area contributed by atoms with Gasteiger partial charge in [0.05, 0.1) is 0 Å². The third kappa shape index (κ3) is 6.25. The first-order valence-electron chi connectivity index (χ1n) is 8.56. The van der Waals surface area contributed by atoms with E-state index in [9.17, 15) is 4.79 Å². The van der Waals surface area contributed by atoms with E-state index < -0.39 is 5.60 Å². The van der Waals surface area contributed by atoms with Crippen molar-refractivity contribution in [1.29, 1.82) is 0 Å². The summed E-state index contributed by atoms with van der Waals surface area (Å²) in [4.78, 5) is 11.8. The second-order valence-corrected chi connectivity index (χ2v) is 7.95. The number of rotatable bonds is 5. The molecule has 2 fully saturated rings. The molecule has 0 aliphatic heterocycles. The normalized spacial score (nSPS) is 28.0. The van der Waals surface area contributed by atoms with Crippen molar-refractivity contribution in [3.8, 4) is 0 Å². The summed E-state index contributed by atoms with van der Waals surface area (Å²) >= 11 is 0. The Morgan fingerprint density at radius 2 is 1.76 bits per heavy atom. The molecule has 122 valence electrons. The summed E-state index contributed by atoms with van der Waals surface area (Å²) in [7, 11) is 0. The van der Waals surface area contributed by atoms with Gasteiger partial charge >= 0.3 is 6.09 Å². The zero-order valence-corrected chi connectivity index (χ0v) is 14.1. The van der Waals surface area contributed by atoms with Crippen LogP contribution in [-0.4, -0.2) is 30.3 Å². The van der Waals surface area contributed by atoms with Crippen LogP contribution >= 0.6 is 0 Å².